The van der Waals surface area contributed by atoms with Crippen molar-refractivity contribution in [2.45, 2.75) is 13.1 Å². The molecule has 0 atom stereocenters. The predicted molar refractivity (Wildman–Crippen MR) is 65.0 cm³/mol. The van der Waals surface area contributed by atoms with Crippen LogP contribution in [0.3, 0.4) is 0 Å². The highest BCUT2D eigenvalue weighted by atomic mass is 79.9. The van der Waals surface area contributed by atoms with Gasteiger partial charge in [0.15, 0.2) is 0 Å². The summed E-state index contributed by atoms with van der Waals surface area (Å²) >= 11 is 4.59. The Bertz CT molecular complexity index is 548. The summed E-state index contributed by atoms with van der Waals surface area (Å²) in [5.41, 5.74) is 0.363. The highest BCUT2D eigenvalue weighted by Gasteiger charge is 2.30. The third kappa shape index (κ3) is 2.52. The second kappa shape index (κ2) is 4.42. The van der Waals surface area contributed by atoms with Crippen LogP contribution in [-0.4, -0.2) is 4.37 Å². The summed E-state index contributed by atoms with van der Waals surface area (Å²) in [5.74, 6) is 0. The average molecular weight is 322 g/mol. The summed E-state index contributed by atoms with van der Waals surface area (Å²) in [6.45, 7) is 1.86. The Labute approximate surface area is 109 Å². The number of aryl methyl sites for hydroxylation is 1. The molecule has 0 bridgehead atoms. The normalized spacial score (nSPS) is 11.8. The van der Waals surface area contributed by atoms with Gasteiger partial charge in [0.05, 0.1) is 15.7 Å². The first-order chi connectivity index (χ1) is 7.89. The molecule has 1 aromatic heterocycles. The van der Waals surface area contributed by atoms with Crippen LogP contribution >= 0.6 is 27.5 Å². The maximum absolute atomic E-state index is 12.6. The molecule has 0 aliphatic heterocycles. The van der Waals surface area contributed by atoms with Crippen molar-refractivity contribution in [3.05, 3.63) is 39.2 Å². The Morgan fingerprint density at radius 1 is 1.29 bits per heavy atom. The first-order valence-electron chi connectivity index (χ1n) is 4.69. The zero-order valence-electron chi connectivity index (χ0n) is 8.68. The number of hydrogen-bond donors (Lipinski definition) is 0. The van der Waals surface area contributed by atoms with E-state index >= 15 is 0 Å². The SMILES string of the molecule is Cc1snc(-c2cccc(C(F)(F)F)c2)c1Br. The second-order valence-electron chi connectivity index (χ2n) is 3.48. The van der Waals surface area contributed by atoms with Gasteiger partial charge in [0.2, 0.25) is 0 Å². The number of hydrogen-bond acceptors (Lipinski definition) is 2. The Kier molecular flexibility index (Phi) is 3.27. The maximum atomic E-state index is 12.6. The monoisotopic (exact) mass is 321 g/mol. The van der Waals surface area contributed by atoms with Crippen LogP contribution in [0.1, 0.15) is 10.4 Å². The van der Waals surface area contributed by atoms with Gasteiger partial charge in [-0.25, -0.2) is 0 Å². The fourth-order valence-electron chi connectivity index (χ4n) is 1.38. The third-order valence-corrected chi connectivity index (χ3v) is 4.24. The van der Waals surface area contributed by atoms with Gasteiger partial charge in [-0.05, 0) is 46.5 Å². The van der Waals surface area contributed by atoms with E-state index < -0.39 is 11.7 Å². The van der Waals surface area contributed by atoms with Crippen molar-refractivity contribution in [1.82, 2.24) is 4.37 Å². The van der Waals surface area contributed by atoms with Crippen LogP contribution < -0.4 is 0 Å². The van der Waals surface area contributed by atoms with Gasteiger partial charge in [-0.15, -0.1) is 0 Å². The van der Waals surface area contributed by atoms with Gasteiger partial charge in [-0.2, -0.15) is 17.5 Å². The van der Waals surface area contributed by atoms with E-state index in [9.17, 15) is 13.2 Å². The molecule has 2 aromatic rings. The Hall–Kier alpha value is -0.880. The molecule has 0 saturated carbocycles. The Morgan fingerprint density at radius 3 is 2.53 bits per heavy atom. The van der Waals surface area contributed by atoms with Gasteiger partial charge in [0.1, 0.15) is 0 Å². The minimum absolute atomic E-state index is 0.469. The highest BCUT2D eigenvalue weighted by molar-refractivity contribution is 9.10. The molecule has 2 rings (SSSR count). The molecule has 1 nitrogen and oxygen atoms in total. The summed E-state index contributed by atoms with van der Waals surface area (Å²) < 4.78 is 42.6. The third-order valence-electron chi connectivity index (χ3n) is 2.25. The minimum atomic E-state index is -4.33. The number of benzene rings is 1. The van der Waals surface area contributed by atoms with Crippen molar-refractivity contribution in [3.8, 4) is 11.3 Å². The number of aromatic nitrogens is 1. The molecule has 1 aromatic carbocycles. The molecule has 90 valence electrons. The zero-order valence-corrected chi connectivity index (χ0v) is 11.1. The summed E-state index contributed by atoms with van der Waals surface area (Å²) in [7, 11) is 0. The van der Waals surface area contributed by atoms with E-state index in [0.717, 1.165) is 21.5 Å². The smallest absolute Gasteiger partial charge is 0.191 e. The number of rotatable bonds is 1. The standard InChI is InChI=1S/C11H7BrF3NS/c1-6-9(12)10(16-17-6)7-3-2-4-8(5-7)11(13,14)15/h2-5H,1H3. The summed E-state index contributed by atoms with van der Waals surface area (Å²) in [5, 5.41) is 0. The molecule has 6 heteroatoms. The van der Waals surface area contributed by atoms with Crippen molar-refractivity contribution in [1.29, 1.82) is 0 Å². The zero-order chi connectivity index (χ0) is 12.6. The minimum Gasteiger partial charge on any atom is -0.191 e. The van der Waals surface area contributed by atoms with E-state index in [2.05, 4.69) is 20.3 Å². The van der Waals surface area contributed by atoms with Crippen molar-refractivity contribution in [2.24, 2.45) is 0 Å². The summed E-state index contributed by atoms with van der Waals surface area (Å²) in [6.07, 6.45) is -4.33. The molecule has 0 unspecified atom stereocenters. The van der Waals surface area contributed by atoms with Crippen LogP contribution in [0.4, 0.5) is 13.2 Å². The van der Waals surface area contributed by atoms with E-state index in [1.165, 1.54) is 17.6 Å². The van der Waals surface area contributed by atoms with Crippen LogP contribution in [0.15, 0.2) is 28.7 Å². The lowest BCUT2D eigenvalue weighted by molar-refractivity contribution is -0.137. The molecule has 0 aliphatic carbocycles. The van der Waals surface area contributed by atoms with Gasteiger partial charge in [-0.3, -0.25) is 0 Å². The molecule has 0 fully saturated rings. The lowest BCUT2D eigenvalue weighted by Crippen LogP contribution is -2.04. The van der Waals surface area contributed by atoms with Crippen LogP contribution in [0.25, 0.3) is 11.3 Å². The molecular formula is C11H7BrF3NS. The molecule has 0 N–H and O–H groups in total. The van der Waals surface area contributed by atoms with E-state index in [1.54, 1.807) is 6.07 Å². The molecule has 0 amide bonds. The summed E-state index contributed by atoms with van der Waals surface area (Å²) in [6, 6.07) is 5.17. The molecule has 0 aliphatic rings. The fourth-order valence-corrected chi connectivity index (χ4v) is 2.64. The van der Waals surface area contributed by atoms with Gasteiger partial charge in [-0.1, -0.05) is 12.1 Å². The van der Waals surface area contributed by atoms with Crippen LogP contribution in [0, 0.1) is 6.92 Å². The highest BCUT2D eigenvalue weighted by Crippen LogP contribution is 2.36. The quantitative estimate of drug-likeness (QED) is 0.728. The molecule has 0 saturated heterocycles. The van der Waals surface area contributed by atoms with E-state index in [-0.39, 0.29) is 0 Å². The van der Waals surface area contributed by atoms with Gasteiger partial charge in [0, 0.05) is 10.4 Å². The number of alkyl halides is 3. The predicted octanol–water partition coefficient (Wildman–Crippen LogP) is 4.90. The van der Waals surface area contributed by atoms with E-state index in [1.807, 2.05) is 6.92 Å². The largest absolute Gasteiger partial charge is 0.416 e. The van der Waals surface area contributed by atoms with Crippen LogP contribution in [0.2, 0.25) is 0 Å². The van der Waals surface area contributed by atoms with Crippen LogP contribution in [-0.2, 0) is 6.18 Å². The lowest BCUT2D eigenvalue weighted by atomic mass is 10.1. The first kappa shape index (κ1) is 12.6. The van der Waals surface area contributed by atoms with Crippen molar-refractivity contribution in [3.63, 3.8) is 0 Å². The van der Waals surface area contributed by atoms with E-state index in [4.69, 9.17) is 0 Å². The number of halogens is 4. The molecule has 0 spiro atoms. The van der Waals surface area contributed by atoms with E-state index in [0.29, 0.717) is 11.3 Å². The van der Waals surface area contributed by atoms with Gasteiger partial charge < -0.3 is 0 Å². The second-order valence-corrected chi connectivity index (χ2v) is 5.25. The Morgan fingerprint density at radius 2 is 2.00 bits per heavy atom. The fraction of sp³-hybridized carbons (Fsp3) is 0.182. The first-order valence-corrected chi connectivity index (χ1v) is 6.25. The summed E-state index contributed by atoms with van der Waals surface area (Å²) in [4.78, 5) is 0.942. The van der Waals surface area contributed by atoms with Crippen LogP contribution in [0.5, 0.6) is 0 Å². The van der Waals surface area contributed by atoms with Gasteiger partial charge in [0.25, 0.3) is 0 Å². The molecular weight excluding hydrogens is 315 g/mol. The molecule has 17 heavy (non-hydrogen) atoms. The average Bonchev–Trinajstić information content (AvgIpc) is 2.59. The Balaban J connectivity index is 2.51. The topological polar surface area (TPSA) is 12.9 Å². The molecule has 1 heterocycles. The lowest BCUT2D eigenvalue weighted by Gasteiger charge is -2.07. The van der Waals surface area contributed by atoms with Gasteiger partial charge >= 0.3 is 6.18 Å². The van der Waals surface area contributed by atoms with Crippen molar-refractivity contribution >= 4 is 27.5 Å². The maximum Gasteiger partial charge on any atom is 0.416 e. The number of nitrogens with zero attached hydrogens (tertiary/aromatic N) is 1. The van der Waals surface area contributed by atoms with Crippen molar-refractivity contribution < 1.29 is 13.2 Å². The van der Waals surface area contributed by atoms with Crippen molar-refractivity contribution in [2.75, 3.05) is 0 Å². The molecule has 0 radical (unpaired) electrons.